The molecule has 1 aliphatic carbocycles. The zero-order chi connectivity index (χ0) is 14.2. The average molecular weight is 378 g/mol. The van der Waals surface area contributed by atoms with Gasteiger partial charge in [-0.15, -0.1) is 0 Å². The highest BCUT2D eigenvalue weighted by Gasteiger charge is 2.24. The van der Waals surface area contributed by atoms with Gasteiger partial charge in [0.15, 0.2) is 0 Å². The van der Waals surface area contributed by atoms with Crippen LogP contribution in [0, 0.1) is 3.57 Å². The van der Waals surface area contributed by atoms with Crippen molar-refractivity contribution >= 4 is 22.6 Å². The molecule has 1 nitrogen and oxygen atoms in total. The van der Waals surface area contributed by atoms with Crippen molar-refractivity contribution in [2.24, 2.45) is 0 Å². The van der Waals surface area contributed by atoms with Gasteiger partial charge in [-0.3, -0.25) is 0 Å². The van der Waals surface area contributed by atoms with Crippen LogP contribution in [0.4, 0.5) is 0 Å². The summed E-state index contributed by atoms with van der Waals surface area (Å²) < 4.78 is 1.19. The van der Waals surface area contributed by atoms with Gasteiger partial charge in [0.1, 0.15) is 0 Å². The molecule has 0 radical (unpaired) electrons. The molecule has 0 saturated heterocycles. The third-order valence-electron chi connectivity index (χ3n) is 4.18. The lowest BCUT2D eigenvalue weighted by Crippen LogP contribution is -2.24. The van der Waals surface area contributed by atoms with Gasteiger partial charge in [-0.1, -0.05) is 30.3 Å². The number of aliphatic hydroxyl groups is 1. The monoisotopic (exact) mass is 378 g/mol. The van der Waals surface area contributed by atoms with E-state index in [1.54, 1.807) is 0 Å². The van der Waals surface area contributed by atoms with E-state index >= 15 is 0 Å². The lowest BCUT2D eigenvalue weighted by molar-refractivity contribution is 0.0576. The molecule has 2 aromatic rings. The molecule has 3 rings (SSSR count). The SMILES string of the molecule is CC(O)(Cc1ccc2c(c1)CCC2)c1ccc(I)cc1. The van der Waals surface area contributed by atoms with E-state index in [1.807, 2.05) is 31.2 Å². The molecule has 1 atom stereocenters. The summed E-state index contributed by atoms with van der Waals surface area (Å²) in [6, 6.07) is 14.8. The first-order chi connectivity index (χ1) is 9.54. The number of halogens is 1. The van der Waals surface area contributed by atoms with Gasteiger partial charge in [0.25, 0.3) is 0 Å². The van der Waals surface area contributed by atoms with Crippen LogP contribution in [0.1, 0.15) is 35.6 Å². The molecule has 0 spiro atoms. The molecule has 0 aliphatic heterocycles. The first-order valence-corrected chi connectivity index (χ1v) is 8.21. The lowest BCUT2D eigenvalue weighted by Gasteiger charge is -2.24. The molecule has 1 unspecified atom stereocenters. The van der Waals surface area contributed by atoms with Crippen LogP contribution in [0.5, 0.6) is 0 Å². The van der Waals surface area contributed by atoms with Crippen molar-refractivity contribution < 1.29 is 5.11 Å². The minimum atomic E-state index is -0.808. The number of benzene rings is 2. The summed E-state index contributed by atoms with van der Waals surface area (Å²) in [5.41, 5.74) is 4.37. The Balaban J connectivity index is 1.84. The van der Waals surface area contributed by atoms with Crippen LogP contribution in [0.3, 0.4) is 0 Å². The third-order valence-corrected chi connectivity index (χ3v) is 4.90. The zero-order valence-electron chi connectivity index (χ0n) is 11.7. The van der Waals surface area contributed by atoms with Gasteiger partial charge in [-0.2, -0.15) is 0 Å². The van der Waals surface area contributed by atoms with Crippen molar-refractivity contribution in [1.82, 2.24) is 0 Å². The molecule has 1 aliphatic rings. The zero-order valence-corrected chi connectivity index (χ0v) is 13.9. The Kier molecular flexibility index (Phi) is 3.87. The van der Waals surface area contributed by atoms with E-state index in [9.17, 15) is 5.11 Å². The number of aryl methyl sites for hydroxylation is 2. The predicted molar refractivity (Wildman–Crippen MR) is 90.9 cm³/mol. The summed E-state index contributed by atoms with van der Waals surface area (Å²) in [7, 11) is 0. The molecule has 0 heterocycles. The van der Waals surface area contributed by atoms with Crippen molar-refractivity contribution in [2.75, 3.05) is 0 Å². The fourth-order valence-corrected chi connectivity index (χ4v) is 3.40. The summed E-state index contributed by atoms with van der Waals surface area (Å²) in [6.45, 7) is 1.91. The van der Waals surface area contributed by atoms with Crippen LogP contribution in [0.2, 0.25) is 0 Å². The first kappa shape index (κ1) is 14.1. The second kappa shape index (κ2) is 5.49. The second-order valence-corrected chi connectivity index (χ2v) is 7.16. The minimum absolute atomic E-state index is 0.668. The van der Waals surface area contributed by atoms with Crippen molar-refractivity contribution in [3.8, 4) is 0 Å². The van der Waals surface area contributed by atoms with Crippen LogP contribution >= 0.6 is 22.6 Å². The Bertz CT molecular complexity index is 614. The smallest absolute Gasteiger partial charge is 0.0908 e. The highest BCUT2D eigenvalue weighted by atomic mass is 127. The van der Waals surface area contributed by atoms with E-state index in [2.05, 4.69) is 40.8 Å². The largest absolute Gasteiger partial charge is 0.385 e. The summed E-state index contributed by atoms with van der Waals surface area (Å²) in [5, 5.41) is 10.8. The van der Waals surface area contributed by atoms with E-state index in [0.717, 1.165) is 5.56 Å². The first-order valence-electron chi connectivity index (χ1n) is 7.14. The molecule has 0 amide bonds. The van der Waals surface area contributed by atoms with Crippen LogP contribution < -0.4 is 0 Å². The summed E-state index contributed by atoms with van der Waals surface area (Å²) in [5.74, 6) is 0. The summed E-state index contributed by atoms with van der Waals surface area (Å²) in [4.78, 5) is 0. The highest BCUT2D eigenvalue weighted by molar-refractivity contribution is 14.1. The molecule has 0 bridgehead atoms. The second-order valence-electron chi connectivity index (χ2n) is 5.91. The quantitative estimate of drug-likeness (QED) is 0.793. The normalized spacial score (nSPS) is 16.8. The number of rotatable bonds is 3. The van der Waals surface area contributed by atoms with E-state index in [0.29, 0.717) is 6.42 Å². The highest BCUT2D eigenvalue weighted by Crippen LogP contribution is 2.29. The molecule has 20 heavy (non-hydrogen) atoms. The van der Waals surface area contributed by atoms with Gasteiger partial charge >= 0.3 is 0 Å². The van der Waals surface area contributed by atoms with Crippen molar-refractivity contribution in [2.45, 2.75) is 38.2 Å². The van der Waals surface area contributed by atoms with Crippen LogP contribution in [-0.4, -0.2) is 5.11 Å². The molecule has 104 valence electrons. The molecular weight excluding hydrogens is 359 g/mol. The maximum absolute atomic E-state index is 10.8. The maximum atomic E-state index is 10.8. The van der Waals surface area contributed by atoms with Crippen molar-refractivity contribution in [1.29, 1.82) is 0 Å². The van der Waals surface area contributed by atoms with E-state index in [1.165, 1.54) is 39.5 Å². The van der Waals surface area contributed by atoms with Gasteiger partial charge in [-0.25, -0.2) is 0 Å². The summed E-state index contributed by atoms with van der Waals surface area (Å²) >= 11 is 2.29. The predicted octanol–water partition coefficient (Wildman–Crippen LogP) is 4.23. The van der Waals surface area contributed by atoms with Crippen LogP contribution in [-0.2, 0) is 24.9 Å². The molecular formula is C18H19IO. The van der Waals surface area contributed by atoms with Crippen LogP contribution in [0.15, 0.2) is 42.5 Å². The number of fused-ring (bicyclic) bond motifs is 1. The Hall–Kier alpha value is -0.870. The van der Waals surface area contributed by atoms with Gasteiger partial charge in [0.05, 0.1) is 5.60 Å². The Morgan fingerprint density at radius 3 is 2.50 bits per heavy atom. The van der Waals surface area contributed by atoms with E-state index in [-0.39, 0.29) is 0 Å². The molecule has 0 saturated carbocycles. The molecule has 2 heteroatoms. The fraction of sp³-hybridized carbons (Fsp3) is 0.333. The average Bonchev–Trinajstić information content (AvgIpc) is 2.86. The Morgan fingerprint density at radius 1 is 1.05 bits per heavy atom. The van der Waals surface area contributed by atoms with Gasteiger partial charge in [-0.05, 0) is 83.2 Å². The Labute approximate surface area is 134 Å². The van der Waals surface area contributed by atoms with Crippen molar-refractivity contribution in [3.63, 3.8) is 0 Å². The van der Waals surface area contributed by atoms with E-state index in [4.69, 9.17) is 0 Å². The third kappa shape index (κ3) is 2.91. The van der Waals surface area contributed by atoms with E-state index < -0.39 is 5.60 Å². The van der Waals surface area contributed by atoms with Gasteiger partial charge in [0.2, 0.25) is 0 Å². The molecule has 1 N–H and O–H groups in total. The van der Waals surface area contributed by atoms with Gasteiger partial charge < -0.3 is 5.11 Å². The number of hydrogen-bond acceptors (Lipinski definition) is 1. The van der Waals surface area contributed by atoms with Gasteiger partial charge in [0, 0.05) is 9.99 Å². The van der Waals surface area contributed by atoms with Crippen LogP contribution in [0.25, 0.3) is 0 Å². The topological polar surface area (TPSA) is 20.2 Å². The number of hydrogen-bond donors (Lipinski definition) is 1. The standard InChI is InChI=1S/C18H19IO/c1-18(20,16-7-9-17(19)10-8-16)12-13-5-6-14-3-2-4-15(14)11-13/h5-11,20H,2-4,12H2,1H3. The lowest BCUT2D eigenvalue weighted by atomic mass is 9.88. The minimum Gasteiger partial charge on any atom is -0.385 e. The Morgan fingerprint density at radius 2 is 1.75 bits per heavy atom. The fourth-order valence-electron chi connectivity index (χ4n) is 3.04. The summed E-state index contributed by atoms with van der Waals surface area (Å²) in [6.07, 6.45) is 4.34. The molecule has 0 fully saturated rings. The molecule has 2 aromatic carbocycles. The molecule has 0 aromatic heterocycles. The maximum Gasteiger partial charge on any atom is 0.0908 e. The van der Waals surface area contributed by atoms with Crippen molar-refractivity contribution in [3.05, 3.63) is 68.3 Å².